The molecule has 0 amide bonds. The Kier molecular flexibility index (Phi) is 3.81. The van der Waals surface area contributed by atoms with E-state index in [4.69, 9.17) is 0 Å². The zero-order valence-electron chi connectivity index (χ0n) is 6.16. The van der Waals surface area contributed by atoms with Gasteiger partial charge in [0.05, 0.1) is 0 Å². The molecule has 0 saturated carbocycles. The van der Waals surface area contributed by atoms with Crippen LogP contribution >= 0.6 is 8.61 Å². The van der Waals surface area contributed by atoms with Crippen LogP contribution in [0.25, 0.3) is 0 Å². The lowest BCUT2D eigenvalue weighted by molar-refractivity contribution is 0.591. The van der Waals surface area contributed by atoms with Crippen molar-refractivity contribution in [1.82, 2.24) is 5.09 Å². The molecule has 3 heteroatoms. The summed E-state index contributed by atoms with van der Waals surface area (Å²) in [5.74, 6) is 0. The number of hydrogen-bond donors (Lipinski definition) is 1. The molecule has 0 aromatic heterocycles. The van der Waals surface area contributed by atoms with Crippen molar-refractivity contribution in [3.8, 4) is 0 Å². The molecule has 1 aromatic rings. The highest BCUT2D eigenvalue weighted by atomic mass is 31.1. The average Bonchev–Trinajstić information content (AvgIpc) is 2.07. The van der Waals surface area contributed by atoms with Crippen molar-refractivity contribution in [3.05, 3.63) is 35.9 Å². The molecule has 0 aliphatic heterocycles. The minimum absolute atomic E-state index is 0.0152. The van der Waals surface area contributed by atoms with Crippen LogP contribution in [0, 0.1) is 0 Å². The van der Waals surface area contributed by atoms with Gasteiger partial charge in [-0.05, 0) is 12.0 Å². The smallest absolute Gasteiger partial charge is 0.245 e. The third-order valence-corrected chi connectivity index (χ3v) is 1.79. The summed E-state index contributed by atoms with van der Waals surface area (Å²) in [7, 11) is 0.0152. The second-order valence-corrected chi connectivity index (χ2v) is 2.73. The van der Waals surface area contributed by atoms with Crippen LogP contribution in [0.2, 0.25) is 0 Å². The summed E-state index contributed by atoms with van der Waals surface area (Å²) in [6.07, 6.45) is 0.927. The predicted octanol–water partition coefficient (Wildman–Crippen LogP) is 2.03. The fourth-order valence-corrected chi connectivity index (χ4v) is 1.09. The summed E-state index contributed by atoms with van der Waals surface area (Å²) >= 11 is 0. The van der Waals surface area contributed by atoms with Crippen molar-refractivity contribution in [2.24, 2.45) is 0 Å². The monoisotopic (exact) mass is 167 g/mol. The van der Waals surface area contributed by atoms with Gasteiger partial charge in [0.2, 0.25) is 8.61 Å². The Morgan fingerprint density at radius 2 is 2.00 bits per heavy atom. The minimum Gasteiger partial charge on any atom is -0.256 e. The summed E-state index contributed by atoms with van der Waals surface area (Å²) in [6.45, 7) is 0.759. The van der Waals surface area contributed by atoms with Crippen molar-refractivity contribution in [1.29, 1.82) is 0 Å². The second kappa shape index (κ2) is 5.00. The van der Waals surface area contributed by atoms with Gasteiger partial charge in [0.15, 0.2) is 0 Å². The molecule has 1 rings (SSSR count). The molecule has 0 saturated heterocycles. The molecule has 1 N–H and O–H groups in total. The van der Waals surface area contributed by atoms with Crippen LogP contribution in [0.4, 0.5) is 0 Å². The SMILES string of the molecule is O=PNCCc1ccccc1. The van der Waals surface area contributed by atoms with E-state index in [0.717, 1.165) is 13.0 Å². The van der Waals surface area contributed by atoms with Crippen molar-refractivity contribution in [2.75, 3.05) is 6.54 Å². The molecule has 0 aliphatic carbocycles. The molecule has 0 aliphatic rings. The van der Waals surface area contributed by atoms with Crippen LogP contribution in [0.15, 0.2) is 30.3 Å². The highest BCUT2D eigenvalue weighted by Crippen LogP contribution is 1.98. The van der Waals surface area contributed by atoms with E-state index in [-0.39, 0.29) is 8.61 Å². The maximum Gasteiger partial charge on any atom is 0.245 e. The maximum absolute atomic E-state index is 9.98. The van der Waals surface area contributed by atoms with E-state index in [9.17, 15) is 4.57 Å². The van der Waals surface area contributed by atoms with E-state index < -0.39 is 0 Å². The van der Waals surface area contributed by atoms with Gasteiger partial charge in [0, 0.05) is 6.54 Å². The van der Waals surface area contributed by atoms with Crippen LogP contribution in [0.3, 0.4) is 0 Å². The summed E-state index contributed by atoms with van der Waals surface area (Å²) in [6, 6.07) is 10.1. The Bertz CT molecular complexity index is 213. The Balaban J connectivity index is 2.33. The molecule has 0 unspecified atom stereocenters. The van der Waals surface area contributed by atoms with Gasteiger partial charge in [-0.3, -0.25) is 4.57 Å². The van der Waals surface area contributed by atoms with E-state index in [1.165, 1.54) is 5.56 Å². The van der Waals surface area contributed by atoms with Crippen LogP contribution in [-0.2, 0) is 11.0 Å². The van der Waals surface area contributed by atoms with E-state index in [0.29, 0.717) is 0 Å². The highest BCUT2D eigenvalue weighted by molar-refractivity contribution is 7.21. The van der Waals surface area contributed by atoms with E-state index in [1.807, 2.05) is 18.2 Å². The van der Waals surface area contributed by atoms with Crippen molar-refractivity contribution in [3.63, 3.8) is 0 Å². The van der Waals surface area contributed by atoms with Crippen molar-refractivity contribution >= 4 is 8.61 Å². The molecule has 2 nitrogen and oxygen atoms in total. The van der Waals surface area contributed by atoms with E-state index >= 15 is 0 Å². The summed E-state index contributed by atoms with van der Waals surface area (Å²) in [4.78, 5) is 0. The molecule has 0 fully saturated rings. The Morgan fingerprint density at radius 3 is 2.64 bits per heavy atom. The van der Waals surface area contributed by atoms with Crippen LogP contribution in [-0.4, -0.2) is 6.54 Å². The molecule has 11 heavy (non-hydrogen) atoms. The van der Waals surface area contributed by atoms with Gasteiger partial charge in [0.25, 0.3) is 0 Å². The number of benzene rings is 1. The zero-order valence-corrected chi connectivity index (χ0v) is 7.05. The predicted molar refractivity (Wildman–Crippen MR) is 45.8 cm³/mol. The van der Waals surface area contributed by atoms with Crippen LogP contribution in [0.1, 0.15) is 5.56 Å². The summed E-state index contributed by atoms with van der Waals surface area (Å²) in [5, 5.41) is 2.71. The Morgan fingerprint density at radius 1 is 1.27 bits per heavy atom. The highest BCUT2D eigenvalue weighted by Gasteiger charge is 1.88. The molecule has 0 radical (unpaired) electrons. The van der Waals surface area contributed by atoms with Gasteiger partial charge in [-0.25, -0.2) is 5.09 Å². The molecular formula is C8H10NOP. The lowest BCUT2D eigenvalue weighted by atomic mass is 10.2. The van der Waals surface area contributed by atoms with Gasteiger partial charge >= 0.3 is 0 Å². The molecule has 0 bridgehead atoms. The largest absolute Gasteiger partial charge is 0.256 e. The maximum atomic E-state index is 9.98. The second-order valence-electron chi connectivity index (χ2n) is 2.23. The fraction of sp³-hybridized carbons (Fsp3) is 0.250. The standard InChI is InChI=1S/C8H10NOP/c10-11-9-7-6-8-4-2-1-3-5-8/h1-5H,6-7H2,(H,9,10). The molecule has 58 valence electrons. The molecule has 0 heterocycles. The lowest BCUT2D eigenvalue weighted by Crippen LogP contribution is -2.04. The van der Waals surface area contributed by atoms with Gasteiger partial charge in [-0.15, -0.1) is 0 Å². The van der Waals surface area contributed by atoms with Crippen LogP contribution < -0.4 is 5.09 Å². The van der Waals surface area contributed by atoms with Gasteiger partial charge in [-0.2, -0.15) is 0 Å². The number of rotatable bonds is 4. The average molecular weight is 167 g/mol. The topological polar surface area (TPSA) is 29.1 Å². The molecule has 1 aromatic carbocycles. The van der Waals surface area contributed by atoms with Gasteiger partial charge < -0.3 is 0 Å². The van der Waals surface area contributed by atoms with Crippen molar-refractivity contribution < 1.29 is 4.57 Å². The summed E-state index contributed by atoms with van der Waals surface area (Å²) in [5.41, 5.74) is 1.27. The zero-order chi connectivity index (χ0) is 7.94. The van der Waals surface area contributed by atoms with E-state index in [1.54, 1.807) is 0 Å². The first kappa shape index (κ1) is 8.38. The normalized spacial score (nSPS) is 10.2. The summed E-state index contributed by atoms with van der Waals surface area (Å²) < 4.78 is 9.98. The molecular weight excluding hydrogens is 157 g/mol. The van der Waals surface area contributed by atoms with E-state index in [2.05, 4.69) is 17.2 Å². The quantitative estimate of drug-likeness (QED) is 0.549. The third-order valence-electron chi connectivity index (χ3n) is 1.43. The minimum atomic E-state index is 0.0152. The van der Waals surface area contributed by atoms with Gasteiger partial charge in [0.1, 0.15) is 0 Å². The first-order valence-electron chi connectivity index (χ1n) is 3.52. The van der Waals surface area contributed by atoms with Crippen molar-refractivity contribution in [2.45, 2.75) is 6.42 Å². The van der Waals surface area contributed by atoms with Crippen LogP contribution in [0.5, 0.6) is 0 Å². The first-order chi connectivity index (χ1) is 5.43. The first-order valence-corrected chi connectivity index (χ1v) is 4.34. The molecule has 0 spiro atoms. The fourth-order valence-electron chi connectivity index (χ4n) is 0.891. The lowest BCUT2D eigenvalue weighted by Gasteiger charge is -1.96. The van der Waals surface area contributed by atoms with Gasteiger partial charge in [-0.1, -0.05) is 30.3 Å². The number of hydrogen-bond acceptors (Lipinski definition) is 1. The number of nitrogens with one attached hydrogen (secondary N) is 1. The third kappa shape index (κ3) is 3.26. The Labute approximate surface area is 67.9 Å². The molecule has 0 atom stereocenters. The Hall–Kier alpha value is -0.720.